The molecule has 0 aliphatic carbocycles. The van der Waals surface area contributed by atoms with Gasteiger partial charge in [-0.2, -0.15) is 0 Å². The van der Waals surface area contributed by atoms with Gasteiger partial charge < -0.3 is 0 Å². The number of rotatable bonds is 2. The summed E-state index contributed by atoms with van der Waals surface area (Å²) < 4.78 is 0. The van der Waals surface area contributed by atoms with E-state index in [0.29, 0.717) is 0 Å². The van der Waals surface area contributed by atoms with Crippen molar-refractivity contribution in [2.75, 3.05) is 0 Å². The molecule has 2 aromatic carbocycles. The average Bonchev–Trinajstić information content (AvgIpc) is 2.68. The summed E-state index contributed by atoms with van der Waals surface area (Å²) in [5, 5.41) is 0. The zero-order valence-corrected chi connectivity index (χ0v) is 17.4. The zero-order chi connectivity index (χ0) is 20.1. The first-order chi connectivity index (χ1) is 12.0. The zero-order valence-electron chi connectivity index (χ0n) is 17.4. The molecule has 0 spiro atoms. The SMILES string of the molecule is C#CC.C#CC.CC.CC.CC(C)(c1ccccc1)c1ccccc1. The fourth-order valence-electron chi connectivity index (χ4n) is 1.88. The highest BCUT2D eigenvalue weighted by molar-refractivity contribution is 5.36. The Labute approximate surface area is 157 Å². The van der Waals surface area contributed by atoms with Crippen LogP contribution >= 0.6 is 0 Å². The van der Waals surface area contributed by atoms with Crippen LogP contribution in [-0.4, -0.2) is 0 Å². The summed E-state index contributed by atoms with van der Waals surface area (Å²) in [6.07, 6.45) is 9.19. The van der Waals surface area contributed by atoms with Gasteiger partial charge >= 0.3 is 0 Å². The first-order valence-corrected chi connectivity index (χ1v) is 8.90. The molecule has 25 heavy (non-hydrogen) atoms. The fraction of sp³-hybridized carbons (Fsp3) is 0.360. The lowest BCUT2D eigenvalue weighted by atomic mass is 9.78. The maximum Gasteiger partial charge on any atom is 0.0146 e. The van der Waals surface area contributed by atoms with Gasteiger partial charge in [-0.15, -0.1) is 24.7 Å². The summed E-state index contributed by atoms with van der Waals surface area (Å²) in [7, 11) is 0. The first kappa shape index (κ1) is 27.4. The molecule has 0 heterocycles. The van der Waals surface area contributed by atoms with Crippen LogP contribution in [0.15, 0.2) is 60.7 Å². The lowest BCUT2D eigenvalue weighted by Gasteiger charge is -2.25. The third kappa shape index (κ3) is 12.6. The third-order valence-corrected chi connectivity index (χ3v) is 2.99. The van der Waals surface area contributed by atoms with E-state index in [4.69, 9.17) is 0 Å². The largest absolute Gasteiger partial charge is 0.120 e. The molecule has 0 nitrogen and oxygen atoms in total. The molecule has 0 saturated carbocycles. The van der Waals surface area contributed by atoms with Crippen molar-refractivity contribution in [2.45, 2.75) is 60.8 Å². The van der Waals surface area contributed by atoms with Gasteiger partial charge in [0.15, 0.2) is 0 Å². The van der Waals surface area contributed by atoms with Crippen molar-refractivity contribution in [1.82, 2.24) is 0 Å². The Balaban J connectivity index is -0.000000411. The molecule has 0 saturated heterocycles. The van der Waals surface area contributed by atoms with Gasteiger partial charge in [-0.3, -0.25) is 0 Å². The van der Waals surface area contributed by atoms with Crippen LogP contribution in [-0.2, 0) is 5.41 Å². The topological polar surface area (TPSA) is 0 Å². The van der Waals surface area contributed by atoms with Crippen LogP contribution in [0.5, 0.6) is 0 Å². The Hall–Kier alpha value is -2.44. The van der Waals surface area contributed by atoms with E-state index >= 15 is 0 Å². The number of terminal acetylenes is 2. The van der Waals surface area contributed by atoms with E-state index in [-0.39, 0.29) is 5.41 Å². The van der Waals surface area contributed by atoms with Crippen LogP contribution in [0.3, 0.4) is 0 Å². The number of benzene rings is 2. The molecule has 0 amide bonds. The monoisotopic (exact) mass is 336 g/mol. The van der Waals surface area contributed by atoms with Crippen LogP contribution in [0.2, 0.25) is 0 Å². The molecule has 0 unspecified atom stereocenters. The van der Waals surface area contributed by atoms with Crippen molar-refractivity contribution in [1.29, 1.82) is 0 Å². The van der Waals surface area contributed by atoms with Gasteiger partial charge in [-0.25, -0.2) is 0 Å². The molecule has 0 aromatic heterocycles. The molecule has 0 heteroatoms. The van der Waals surface area contributed by atoms with Crippen molar-refractivity contribution in [3.8, 4) is 24.7 Å². The van der Waals surface area contributed by atoms with E-state index in [1.54, 1.807) is 13.8 Å². The minimum Gasteiger partial charge on any atom is -0.120 e. The van der Waals surface area contributed by atoms with Crippen molar-refractivity contribution in [2.24, 2.45) is 0 Å². The van der Waals surface area contributed by atoms with E-state index in [1.165, 1.54) is 11.1 Å². The molecule has 2 aromatic rings. The molecule has 2 rings (SSSR count). The predicted octanol–water partition coefficient (Wildman–Crippen LogP) is 7.34. The molecule has 0 radical (unpaired) electrons. The molecule has 0 fully saturated rings. The number of hydrogen-bond acceptors (Lipinski definition) is 0. The summed E-state index contributed by atoms with van der Waals surface area (Å²) in [6, 6.07) is 21.3. The Morgan fingerprint density at radius 3 is 1.00 bits per heavy atom. The molecule has 0 atom stereocenters. The van der Waals surface area contributed by atoms with Crippen molar-refractivity contribution < 1.29 is 0 Å². The molecule has 0 N–H and O–H groups in total. The normalized spacial score (nSPS) is 7.92. The van der Waals surface area contributed by atoms with Gasteiger partial charge in [0.25, 0.3) is 0 Å². The summed E-state index contributed by atoms with van der Waals surface area (Å²) in [5.74, 6) is 4.50. The van der Waals surface area contributed by atoms with E-state index in [2.05, 4.69) is 99.2 Å². The third-order valence-electron chi connectivity index (χ3n) is 2.99. The van der Waals surface area contributed by atoms with Crippen molar-refractivity contribution in [3.05, 3.63) is 71.8 Å². The summed E-state index contributed by atoms with van der Waals surface area (Å²) >= 11 is 0. The highest BCUT2D eigenvalue weighted by Gasteiger charge is 2.21. The smallest absolute Gasteiger partial charge is 0.0146 e. The second-order valence-corrected chi connectivity index (χ2v) is 4.93. The first-order valence-electron chi connectivity index (χ1n) is 8.90. The fourth-order valence-corrected chi connectivity index (χ4v) is 1.88. The lowest BCUT2D eigenvalue weighted by Crippen LogP contribution is -2.18. The maximum absolute atomic E-state index is 4.60. The molecule has 136 valence electrons. The second kappa shape index (κ2) is 19.6. The minimum absolute atomic E-state index is 0.0858. The Kier molecular flexibility index (Phi) is 21.5. The van der Waals surface area contributed by atoms with E-state index < -0.39 is 0 Å². The summed E-state index contributed by atoms with van der Waals surface area (Å²) in [4.78, 5) is 0. The van der Waals surface area contributed by atoms with Gasteiger partial charge in [-0.05, 0) is 25.0 Å². The molecule has 0 aliphatic heterocycles. The van der Waals surface area contributed by atoms with Crippen LogP contribution in [0.25, 0.3) is 0 Å². The van der Waals surface area contributed by atoms with E-state index in [0.717, 1.165) is 0 Å². The quantitative estimate of drug-likeness (QED) is 0.503. The van der Waals surface area contributed by atoms with Crippen molar-refractivity contribution in [3.63, 3.8) is 0 Å². The molecule has 0 aliphatic rings. The highest BCUT2D eigenvalue weighted by atomic mass is 14.2. The standard InChI is InChI=1S/C15H16.2C3H4.2C2H6/c1-15(2,13-9-5-3-6-10-13)14-11-7-4-8-12-14;2*1-3-2;2*1-2/h3-12H,1-2H3;2*1H,2H3;2*1-2H3. The molecular weight excluding hydrogens is 300 g/mol. The predicted molar refractivity (Wildman–Crippen MR) is 117 cm³/mol. The molecular formula is C25H36. The van der Waals surface area contributed by atoms with Gasteiger partial charge in [-0.1, -0.05) is 102 Å². The number of hydrogen-bond donors (Lipinski definition) is 0. The average molecular weight is 337 g/mol. The van der Waals surface area contributed by atoms with Crippen LogP contribution < -0.4 is 0 Å². The Bertz CT molecular complexity index is 509. The maximum atomic E-state index is 4.60. The van der Waals surface area contributed by atoms with Crippen LogP contribution in [0.1, 0.15) is 66.5 Å². The van der Waals surface area contributed by atoms with Crippen LogP contribution in [0.4, 0.5) is 0 Å². The van der Waals surface area contributed by atoms with Crippen LogP contribution in [0, 0.1) is 24.7 Å². The summed E-state index contributed by atoms with van der Waals surface area (Å²) in [6.45, 7) is 15.8. The minimum atomic E-state index is 0.0858. The molecule has 0 bridgehead atoms. The van der Waals surface area contributed by atoms with Crippen molar-refractivity contribution >= 4 is 0 Å². The lowest BCUT2D eigenvalue weighted by molar-refractivity contribution is 0.641. The van der Waals surface area contributed by atoms with E-state index in [9.17, 15) is 0 Å². The summed E-state index contributed by atoms with van der Waals surface area (Å²) in [5.41, 5.74) is 2.80. The van der Waals surface area contributed by atoms with Gasteiger partial charge in [0, 0.05) is 5.41 Å². The Morgan fingerprint density at radius 1 is 0.600 bits per heavy atom. The second-order valence-electron chi connectivity index (χ2n) is 4.93. The van der Waals surface area contributed by atoms with Gasteiger partial charge in [0.05, 0.1) is 0 Å². The van der Waals surface area contributed by atoms with Gasteiger partial charge in [0.1, 0.15) is 0 Å². The highest BCUT2D eigenvalue weighted by Crippen LogP contribution is 2.30. The van der Waals surface area contributed by atoms with Gasteiger partial charge in [0.2, 0.25) is 0 Å². The van der Waals surface area contributed by atoms with E-state index in [1.807, 2.05) is 27.7 Å². The Morgan fingerprint density at radius 2 is 0.800 bits per heavy atom.